The fraction of sp³-hybridized carbons (Fsp3) is 0.875. The first-order valence-corrected chi connectivity index (χ1v) is 13.9. The van der Waals surface area contributed by atoms with Gasteiger partial charge in [0.05, 0.1) is 34.4 Å². The predicted octanol–water partition coefficient (Wildman–Crippen LogP) is 5.25. The number of esters is 1. The highest BCUT2D eigenvalue weighted by atomic mass is 31.2. The van der Waals surface area contributed by atoms with Gasteiger partial charge in [0.1, 0.15) is 19.3 Å². The average Bonchev–Trinajstić information content (AvgIpc) is 2.70. The highest BCUT2D eigenvalue weighted by Crippen LogP contribution is 2.43. The van der Waals surface area contributed by atoms with Crippen molar-refractivity contribution in [2.24, 2.45) is 0 Å². The molecule has 0 bridgehead atoms. The van der Waals surface area contributed by atoms with E-state index in [9.17, 15) is 14.3 Å². The summed E-state index contributed by atoms with van der Waals surface area (Å²) < 4.78 is 33.3. The molecular weight excluding hydrogens is 445 g/mol. The summed E-state index contributed by atoms with van der Waals surface area (Å²) in [7, 11) is 1.65. The molecule has 9 heteroatoms. The minimum absolute atomic E-state index is 0.0850. The molecule has 0 aromatic rings. The molecule has 0 saturated carbocycles. The van der Waals surface area contributed by atoms with E-state index in [0.29, 0.717) is 17.6 Å². The summed E-state index contributed by atoms with van der Waals surface area (Å²) in [6.45, 7) is 4.54. The van der Waals surface area contributed by atoms with E-state index in [1.54, 1.807) is 0 Å². The number of likely N-dealkylation sites (N-methyl/N-ethyl adjacent to an activating group) is 1. The number of carbonyl (C=O) groups is 1. The van der Waals surface area contributed by atoms with Crippen LogP contribution in [-0.2, 0) is 27.9 Å². The summed E-state index contributed by atoms with van der Waals surface area (Å²) in [6, 6.07) is 0. The van der Waals surface area contributed by atoms with Crippen molar-refractivity contribution in [2.75, 3.05) is 54.1 Å². The van der Waals surface area contributed by atoms with Crippen molar-refractivity contribution in [3.05, 3.63) is 12.2 Å². The van der Waals surface area contributed by atoms with Crippen LogP contribution in [0.2, 0.25) is 0 Å². The lowest BCUT2D eigenvalue weighted by molar-refractivity contribution is -0.870. The number of phosphoric acid groups is 1. The molecule has 0 aromatic heterocycles. The molecule has 0 heterocycles. The minimum atomic E-state index is -4.21. The summed E-state index contributed by atoms with van der Waals surface area (Å²) in [5.74, 6) is -0.494. The van der Waals surface area contributed by atoms with Crippen LogP contribution in [0.25, 0.3) is 0 Å². The van der Waals surface area contributed by atoms with E-state index in [0.717, 1.165) is 12.8 Å². The van der Waals surface area contributed by atoms with Gasteiger partial charge < -0.3 is 18.9 Å². The van der Waals surface area contributed by atoms with Gasteiger partial charge in [0.2, 0.25) is 0 Å². The van der Waals surface area contributed by atoms with Crippen molar-refractivity contribution >= 4 is 13.8 Å². The monoisotopic (exact) mass is 494 g/mol. The Morgan fingerprint density at radius 2 is 1.52 bits per heavy atom. The van der Waals surface area contributed by atoms with Crippen LogP contribution in [0, 0.1) is 0 Å². The molecule has 1 N–H and O–H groups in total. The topological polar surface area (TPSA) is 91.3 Å². The predicted molar refractivity (Wildman–Crippen MR) is 132 cm³/mol. The molecule has 0 radical (unpaired) electrons. The number of nitrogens with zero attached hydrogens (tertiary/aromatic N) is 1. The maximum Gasteiger partial charge on any atom is 0.472 e. The Labute approximate surface area is 201 Å². The van der Waals surface area contributed by atoms with Crippen LogP contribution in [0.4, 0.5) is 0 Å². The van der Waals surface area contributed by atoms with Crippen LogP contribution >= 0.6 is 7.82 Å². The number of quaternary nitrogens is 1. The normalized spacial score (nSPS) is 15.0. The molecular formula is C24H49NO7P+. The van der Waals surface area contributed by atoms with Crippen molar-refractivity contribution < 1.29 is 37.3 Å². The molecule has 0 spiro atoms. The number of ether oxygens (including phenoxy) is 2. The number of hydrogen-bond donors (Lipinski definition) is 1. The van der Waals surface area contributed by atoms with Crippen LogP contribution in [-0.4, -0.2) is 75.6 Å². The summed E-state index contributed by atoms with van der Waals surface area (Å²) in [6.07, 6.45) is 15.7. The summed E-state index contributed by atoms with van der Waals surface area (Å²) in [4.78, 5) is 21.1. The zero-order valence-corrected chi connectivity index (χ0v) is 22.5. The van der Waals surface area contributed by atoms with Gasteiger partial charge in [-0.3, -0.25) is 13.8 Å². The SMILES string of the molecule is CCCC/C=C\CCCCCCCCOCC(COP(=O)(O)OCC[N+](C)(C)C)OC(C)=O. The smallest absolute Gasteiger partial charge is 0.458 e. The molecule has 0 amide bonds. The van der Waals surface area contributed by atoms with Gasteiger partial charge in [0, 0.05) is 13.5 Å². The zero-order valence-electron chi connectivity index (χ0n) is 21.6. The highest BCUT2D eigenvalue weighted by Gasteiger charge is 2.25. The molecule has 2 unspecified atom stereocenters. The van der Waals surface area contributed by atoms with Crippen LogP contribution < -0.4 is 0 Å². The van der Waals surface area contributed by atoms with Crippen molar-refractivity contribution in [1.29, 1.82) is 0 Å². The van der Waals surface area contributed by atoms with E-state index in [-0.39, 0.29) is 19.8 Å². The number of phosphoric ester groups is 1. The van der Waals surface area contributed by atoms with Gasteiger partial charge in [-0.05, 0) is 25.7 Å². The molecule has 196 valence electrons. The van der Waals surface area contributed by atoms with E-state index in [1.165, 1.54) is 58.3 Å². The standard InChI is InChI=1S/C24H48NO7P/c1-6-7-8-9-10-11-12-13-14-15-16-17-19-29-21-24(32-23(2)26)22-31-33(27,28)30-20-18-25(3,4)5/h9-10,24H,6-8,11-22H2,1-5H3/p+1/b10-9-. The second-order valence-corrected chi connectivity index (χ2v) is 10.9. The molecule has 0 aromatic carbocycles. The molecule has 8 nitrogen and oxygen atoms in total. The first-order valence-electron chi connectivity index (χ1n) is 12.4. The second kappa shape index (κ2) is 19.5. The Hall–Kier alpha value is -0.760. The van der Waals surface area contributed by atoms with E-state index >= 15 is 0 Å². The Bertz CT molecular complexity index is 564. The molecule has 0 aliphatic rings. The van der Waals surface area contributed by atoms with Gasteiger partial charge in [-0.1, -0.05) is 57.6 Å². The van der Waals surface area contributed by atoms with Gasteiger partial charge in [-0.2, -0.15) is 0 Å². The molecule has 0 aliphatic carbocycles. The number of rotatable bonds is 22. The quantitative estimate of drug-likeness (QED) is 0.0722. The summed E-state index contributed by atoms with van der Waals surface area (Å²) in [5.41, 5.74) is 0. The van der Waals surface area contributed by atoms with Crippen LogP contribution in [0.5, 0.6) is 0 Å². The maximum atomic E-state index is 12.0. The number of hydrogen-bond acceptors (Lipinski definition) is 6. The average molecular weight is 495 g/mol. The van der Waals surface area contributed by atoms with Crippen molar-refractivity contribution in [2.45, 2.75) is 84.2 Å². The van der Waals surface area contributed by atoms with Gasteiger partial charge >= 0.3 is 13.8 Å². The lowest BCUT2D eigenvalue weighted by Gasteiger charge is -2.24. The van der Waals surface area contributed by atoms with Crippen LogP contribution in [0.3, 0.4) is 0 Å². The molecule has 0 fully saturated rings. The summed E-state index contributed by atoms with van der Waals surface area (Å²) >= 11 is 0. The fourth-order valence-electron chi connectivity index (χ4n) is 2.94. The first kappa shape index (κ1) is 32.2. The van der Waals surface area contributed by atoms with Crippen LogP contribution in [0.15, 0.2) is 12.2 Å². The van der Waals surface area contributed by atoms with Gasteiger partial charge in [-0.15, -0.1) is 0 Å². The first-order chi connectivity index (χ1) is 15.6. The van der Waals surface area contributed by atoms with Gasteiger partial charge in [-0.25, -0.2) is 4.57 Å². The summed E-state index contributed by atoms with van der Waals surface area (Å²) in [5, 5.41) is 0. The van der Waals surface area contributed by atoms with E-state index in [1.807, 2.05) is 21.1 Å². The van der Waals surface area contributed by atoms with Crippen LogP contribution in [0.1, 0.15) is 78.1 Å². The minimum Gasteiger partial charge on any atom is -0.458 e. The van der Waals surface area contributed by atoms with E-state index in [4.69, 9.17) is 18.5 Å². The van der Waals surface area contributed by atoms with E-state index in [2.05, 4.69) is 19.1 Å². The van der Waals surface area contributed by atoms with E-state index < -0.39 is 19.9 Å². The highest BCUT2D eigenvalue weighted by molar-refractivity contribution is 7.47. The van der Waals surface area contributed by atoms with Gasteiger partial charge in [0.25, 0.3) is 0 Å². The Morgan fingerprint density at radius 3 is 2.12 bits per heavy atom. The molecule has 0 rings (SSSR count). The number of unbranched alkanes of at least 4 members (excludes halogenated alkanes) is 8. The maximum absolute atomic E-state index is 12.0. The second-order valence-electron chi connectivity index (χ2n) is 9.44. The van der Waals surface area contributed by atoms with Crippen molar-refractivity contribution in [3.8, 4) is 0 Å². The molecule has 0 aliphatic heterocycles. The third kappa shape index (κ3) is 24.2. The molecule has 0 saturated heterocycles. The Kier molecular flexibility index (Phi) is 19.1. The molecule has 2 atom stereocenters. The molecule has 33 heavy (non-hydrogen) atoms. The number of allylic oxidation sites excluding steroid dienone is 2. The van der Waals surface area contributed by atoms with Crippen molar-refractivity contribution in [3.63, 3.8) is 0 Å². The third-order valence-corrected chi connectivity index (χ3v) is 5.86. The zero-order chi connectivity index (χ0) is 25.0. The Morgan fingerprint density at radius 1 is 0.909 bits per heavy atom. The Balaban J connectivity index is 3.90. The van der Waals surface area contributed by atoms with Gasteiger partial charge in [0.15, 0.2) is 0 Å². The largest absolute Gasteiger partial charge is 0.472 e. The van der Waals surface area contributed by atoms with Crippen molar-refractivity contribution in [1.82, 2.24) is 0 Å². The third-order valence-electron chi connectivity index (χ3n) is 4.88. The lowest BCUT2D eigenvalue weighted by Crippen LogP contribution is -2.37. The fourth-order valence-corrected chi connectivity index (χ4v) is 3.68. The lowest BCUT2D eigenvalue weighted by atomic mass is 10.1. The number of carbonyl (C=O) groups excluding carboxylic acids is 1.